The second-order valence-corrected chi connectivity index (χ2v) is 5.41. The molecule has 15 heavy (non-hydrogen) atoms. The molecule has 0 saturated heterocycles. The van der Waals surface area contributed by atoms with Crippen molar-refractivity contribution >= 4 is 0 Å². The highest BCUT2D eigenvalue weighted by Gasteiger charge is 2.30. The van der Waals surface area contributed by atoms with Gasteiger partial charge in [-0.05, 0) is 43.9 Å². The van der Waals surface area contributed by atoms with Crippen molar-refractivity contribution in [1.29, 1.82) is 0 Å². The van der Waals surface area contributed by atoms with Gasteiger partial charge in [0.15, 0.2) is 0 Å². The highest BCUT2D eigenvalue weighted by molar-refractivity contribution is 4.99. The standard InChI is InChI=1S/C13H24N2/c1-4-5-6-12(15-14)11-7-9-13(2,3)10-8-11/h11-12,15H,6-10,14H2,1-3H3. The summed E-state index contributed by atoms with van der Waals surface area (Å²) in [5, 5.41) is 0. The number of nitrogens with one attached hydrogen (secondary N) is 1. The lowest BCUT2D eigenvalue weighted by Crippen LogP contribution is -2.42. The molecule has 1 aliphatic rings. The highest BCUT2D eigenvalue weighted by atomic mass is 15.2. The molecular formula is C13H24N2. The smallest absolute Gasteiger partial charge is 0.0348 e. The lowest BCUT2D eigenvalue weighted by Gasteiger charge is -2.37. The van der Waals surface area contributed by atoms with Gasteiger partial charge in [-0.2, -0.15) is 0 Å². The Hall–Kier alpha value is -0.520. The number of hydrogen-bond donors (Lipinski definition) is 2. The Morgan fingerprint density at radius 3 is 2.47 bits per heavy atom. The molecule has 0 spiro atoms. The van der Waals surface area contributed by atoms with Crippen molar-refractivity contribution in [2.75, 3.05) is 0 Å². The Morgan fingerprint density at radius 2 is 2.00 bits per heavy atom. The van der Waals surface area contributed by atoms with Gasteiger partial charge in [0.05, 0.1) is 0 Å². The molecule has 2 nitrogen and oxygen atoms in total. The van der Waals surface area contributed by atoms with E-state index in [1.165, 1.54) is 25.7 Å². The van der Waals surface area contributed by atoms with Crippen LogP contribution in [-0.4, -0.2) is 6.04 Å². The van der Waals surface area contributed by atoms with Crippen LogP contribution in [0.5, 0.6) is 0 Å². The van der Waals surface area contributed by atoms with E-state index in [1.807, 2.05) is 6.92 Å². The maximum atomic E-state index is 5.59. The summed E-state index contributed by atoms with van der Waals surface area (Å²) in [6.45, 7) is 6.61. The minimum atomic E-state index is 0.383. The summed E-state index contributed by atoms with van der Waals surface area (Å²) in [7, 11) is 0. The molecule has 0 bridgehead atoms. The van der Waals surface area contributed by atoms with Gasteiger partial charge in [0.1, 0.15) is 0 Å². The van der Waals surface area contributed by atoms with Gasteiger partial charge in [-0.1, -0.05) is 13.8 Å². The van der Waals surface area contributed by atoms with E-state index < -0.39 is 0 Å². The van der Waals surface area contributed by atoms with Gasteiger partial charge in [-0.25, -0.2) is 0 Å². The molecular weight excluding hydrogens is 184 g/mol. The lowest BCUT2D eigenvalue weighted by atomic mass is 9.71. The van der Waals surface area contributed by atoms with Gasteiger partial charge < -0.3 is 0 Å². The zero-order valence-corrected chi connectivity index (χ0v) is 10.3. The second kappa shape index (κ2) is 5.53. The first kappa shape index (κ1) is 12.5. The quantitative estimate of drug-likeness (QED) is 0.425. The van der Waals surface area contributed by atoms with Gasteiger partial charge in [0.2, 0.25) is 0 Å². The van der Waals surface area contributed by atoms with E-state index in [2.05, 4.69) is 31.1 Å². The molecule has 1 fully saturated rings. The van der Waals surface area contributed by atoms with E-state index in [0.29, 0.717) is 17.4 Å². The molecule has 1 unspecified atom stereocenters. The van der Waals surface area contributed by atoms with Crippen molar-refractivity contribution in [3.8, 4) is 11.8 Å². The predicted molar refractivity (Wildman–Crippen MR) is 64.9 cm³/mol. The highest BCUT2D eigenvalue weighted by Crippen LogP contribution is 2.39. The van der Waals surface area contributed by atoms with Crippen LogP contribution in [0.15, 0.2) is 0 Å². The average Bonchev–Trinajstić information content (AvgIpc) is 2.21. The van der Waals surface area contributed by atoms with Crippen LogP contribution in [0.1, 0.15) is 52.9 Å². The third-order valence-electron chi connectivity index (χ3n) is 3.67. The summed E-state index contributed by atoms with van der Waals surface area (Å²) in [4.78, 5) is 0. The summed E-state index contributed by atoms with van der Waals surface area (Å²) in [5.41, 5.74) is 3.47. The molecule has 0 heterocycles. The molecule has 0 amide bonds. The fraction of sp³-hybridized carbons (Fsp3) is 0.846. The Kier molecular flexibility index (Phi) is 4.63. The van der Waals surface area contributed by atoms with Gasteiger partial charge >= 0.3 is 0 Å². The van der Waals surface area contributed by atoms with E-state index in [9.17, 15) is 0 Å². The Bertz CT molecular complexity index is 237. The van der Waals surface area contributed by atoms with E-state index in [1.54, 1.807) is 0 Å². The molecule has 1 atom stereocenters. The zero-order valence-electron chi connectivity index (χ0n) is 10.3. The molecule has 2 heteroatoms. The normalized spacial score (nSPS) is 22.9. The maximum absolute atomic E-state index is 5.59. The monoisotopic (exact) mass is 208 g/mol. The van der Waals surface area contributed by atoms with Gasteiger partial charge in [0, 0.05) is 12.5 Å². The van der Waals surface area contributed by atoms with Gasteiger partial charge in [-0.15, -0.1) is 11.8 Å². The van der Waals surface area contributed by atoms with E-state index in [4.69, 9.17) is 5.84 Å². The summed E-state index contributed by atoms with van der Waals surface area (Å²) >= 11 is 0. The number of nitrogens with two attached hydrogens (primary N) is 1. The predicted octanol–water partition coefficient (Wildman–Crippen LogP) is 2.45. The van der Waals surface area contributed by atoms with Crippen molar-refractivity contribution in [3.63, 3.8) is 0 Å². The average molecular weight is 208 g/mol. The largest absolute Gasteiger partial charge is 0.271 e. The molecule has 0 aromatic rings. The molecule has 3 N–H and O–H groups in total. The first-order valence-corrected chi connectivity index (χ1v) is 5.95. The van der Waals surface area contributed by atoms with Crippen molar-refractivity contribution in [2.24, 2.45) is 17.2 Å². The summed E-state index contributed by atoms with van der Waals surface area (Å²) in [6, 6.07) is 0.383. The van der Waals surface area contributed by atoms with Crippen LogP contribution in [0, 0.1) is 23.2 Å². The summed E-state index contributed by atoms with van der Waals surface area (Å²) < 4.78 is 0. The van der Waals surface area contributed by atoms with Crippen LogP contribution in [-0.2, 0) is 0 Å². The fourth-order valence-corrected chi connectivity index (χ4v) is 2.40. The first-order chi connectivity index (χ1) is 7.09. The number of hydrazine groups is 1. The Labute approximate surface area is 94.0 Å². The molecule has 0 aromatic heterocycles. The molecule has 0 radical (unpaired) electrons. The third kappa shape index (κ3) is 3.85. The number of hydrogen-bond acceptors (Lipinski definition) is 2. The topological polar surface area (TPSA) is 38.0 Å². The van der Waals surface area contributed by atoms with Crippen LogP contribution in [0.4, 0.5) is 0 Å². The molecule has 0 aliphatic heterocycles. The molecule has 1 saturated carbocycles. The molecule has 1 aliphatic carbocycles. The second-order valence-electron chi connectivity index (χ2n) is 5.41. The van der Waals surface area contributed by atoms with Crippen molar-refractivity contribution in [3.05, 3.63) is 0 Å². The fourth-order valence-electron chi connectivity index (χ4n) is 2.40. The third-order valence-corrected chi connectivity index (χ3v) is 3.67. The lowest BCUT2D eigenvalue weighted by molar-refractivity contribution is 0.162. The van der Waals surface area contributed by atoms with Crippen LogP contribution < -0.4 is 11.3 Å². The van der Waals surface area contributed by atoms with Crippen molar-refractivity contribution < 1.29 is 0 Å². The Balaban J connectivity index is 2.45. The van der Waals surface area contributed by atoms with E-state index in [-0.39, 0.29) is 0 Å². The summed E-state index contributed by atoms with van der Waals surface area (Å²) in [5.74, 6) is 12.4. The van der Waals surface area contributed by atoms with Gasteiger partial charge in [0.25, 0.3) is 0 Å². The minimum absolute atomic E-state index is 0.383. The SMILES string of the molecule is CC#CCC(NN)C1CCC(C)(C)CC1. The maximum Gasteiger partial charge on any atom is 0.0348 e. The molecule has 86 valence electrons. The van der Waals surface area contributed by atoms with Crippen LogP contribution in [0.25, 0.3) is 0 Å². The van der Waals surface area contributed by atoms with Crippen LogP contribution in [0.3, 0.4) is 0 Å². The van der Waals surface area contributed by atoms with E-state index >= 15 is 0 Å². The number of rotatable bonds is 3. The molecule has 1 rings (SSSR count). The van der Waals surface area contributed by atoms with Crippen LogP contribution in [0.2, 0.25) is 0 Å². The van der Waals surface area contributed by atoms with Gasteiger partial charge in [-0.3, -0.25) is 11.3 Å². The molecule has 0 aromatic carbocycles. The zero-order chi connectivity index (χ0) is 11.3. The summed E-state index contributed by atoms with van der Waals surface area (Å²) in [6.07, 6.45) is 6.09. The first-order valence-electron chi connectivity index (χ1n) is 5.95. The minimum Gasteiger partial charge on any atom is -0.271 e. The van der Waals surface area contributed by atoms with Crippen molar-refractivity contribution in [2.45, 2.75) is 58.9 Å². The van der Waals surface area contributed by atoms with Crippen LogP contribution >= 0.6 is 0 Å². The Morgan fingerprint density at radius 1 is 1.40 bits per heavy atom. The van der Waals surface area contributed by atoms with E-state index in [0.717, 1.165) is 6.42 Å². The van der Waals surface area contributed by atoms with Crippen molar-refractivity contribution in [1.82, 2.24) is 5.43 Å².